The smallest absolute Gasteiger partial charge is 0.191 e. The molecule has 0 aliphatic heterocycles. The van der Waals surface area contributed by atoms with E-state index in [2.05, 4.69) is 43.8 Å². The molecule has 0 aromatic carbocycles. The molecule has 3 rings (SSSR count). The van der Waals surface area contributed by atoms with Gasteiger partial charge >= 0.3 is 0 Å². The minimum atomic E-state index is 0. The molecule has 0 spiro atoms. The molecule has 3 heterocycles. The van der Waals surface area contributed by atoms with Crippen LogP contribution in [0.5, 0.6) is 0 Å². The second kappa shape index (κ2) is 9.86. The Labute approximate surface area is 188 Å². The van der Waals surface area contributed by atoms with Gasteiger partial charge in [0.05, 0.1) is 11.4 Å². The minimum absolute atomic E-state index is 0. The van der Waals surface area contributed by atoms with Gasteiger partial charge in [-0.3, -0.25) is 9.67 Å². The summed E-state index contributed by atoms with van der Waals surface area (Å²) in [5.74, 6) is 1.56. The second-order valence-corrected chi connectivity index (χ2v) is 6.92. The second-order valence-electron chi connectivity index (χ2n) is 6.92. The number of hydrogen-bond acceptors (Lipinski definition) is 4. The van der Waals surface area contributed by atoms with Crippen LogP contribution in [0.2, 0.25) is 0 Å². The van der Waals surface area contributed by atoms with Gasteiger partial charge in [0.25, 0.3) is 0 Å². The number of pyridine rings is 1. The Morgan fingerprint density at radius 1 is 1.07 bits per heavy atom. The maximum atomic E-state index is 4.54. The summed E-state index contributed by atoms with van der Waals surface area (Å²) in [5, 5.41) is 15.6. The van der Waals surface area contributed by atoms with Crippen molar-refractivity contribution in [3.63, 3.8) is 0 Å². The molecule has 3 aromatic rings. The lowest BCUT2D eigenvalue weighted by molar-refractivity contribution is 0.728. The zero-order valence-corrected chi connectivity index (χ0v) is 20.1. The van der Waals surface area contributed by atoms with Crippen molar-refractivity contribution in [2.75, 3.05) is 7.05 Å². The average molecular weight is 508 g/mol. The van der Waals surface area contributed by atoms with Crippen molar-refractivity contribution in [1.29, 1.82) is 0 Å². The first-order valence-corrected chi connectivity index (χ1v) is 9.31. The van der Waals surface area contributed by atoms with Crippen LogP contribution < -0.4 is 10.6 Å². The minimum Gasteiger partial charge on any atom is -0.352 e. The van der Waals surface area contributed by atoms with Crippen LogP contribution in [0.1, 0.15) is 33.9 Å². The molecule has 156 valence electrons. The van der Waals surface area contributed by atoms with Crippen molar-refractivity contribution < 1.29 is 0 Å². The fourth-order valence-corrected chi connectivity index (χ4v) is 3.16. The van der Waals surface area contributed by atoms with Gasteiger partial charge in [-0.25, -0.2) is 9.67 Å². The molecule has 0 aliphatic carbocycles. The fraction of sp³-hybridized carbons (Fsp3) is 0.400. The van der Waals surface area contributed by atoms with E-state index in [-0.39, 0.29) is 24.0 Å². The van der Waals surface area contributed by atoms with E-state index in [0.29, 0.717) is 13.1 Å². The summed E-state index contributed by atoms with van der Waals surface area (Å²) in [6, 6.07) is 6.07. The maximum Gasteiger partial charge on any atom is 0.191 e. The van der Waals surface area contributed by atoms with E-state index >= 15 is 0 Å². The highest BCUT2D eigenvalue weighted by Crippen LogP contribution is 2.12. The summed E-state index contributed by atoms with van der Waals surface area (Å²) < 4.78 is 3.75. The van der Waals surface area contributed by atoms with Crippen molar-refractivity contribution in [3.05, 3.63) is 58.3 Å². The third-order valence-corrected chi connectivity index (χ3v) is 4.81. The van der Waals surface area contributed by atoms with Crippen molar-refractivity contribution >= 4 is 29.9 Å². The van der Waals surface area contributed by atoms with Crippen LogP contribution in [0.3, 0.4) is 0 Å². The van der Waals surface area contributed by atoms with Crippen LogP contribution in [-0.2, 0) is 20.1 Å². The highest BCUT2D eigenvalue weighted by molar-refractivity contribution is 14.0. The molecule has 29 heavy (non-hydrogen) atoms. The third-order valence-electron chi connectivity index (χ3n) is 4.81. The first-order chi connectivity index (χ1) is 13.4. The van der Waals surface area contributed by atoms with Crippen LogP contribution in [-0.4, -0.2) is 37.6 Å². The summed E-state index contributed by atoms with van der Waals surface area (Å²) in [7, 11) is 3.73. The molecule has 0 bridgehead atoms. The lowest BCUT2D eigenvalue weighted by atomic mass is 10.2. The molecule has 9 heteroatoms. The number of hydrogen-bond donors (Lipinski definition) is 2. The highest BCUT2D eigenvalue weighted by atomic mass is 127. The predicted octanol–water partition coefficient (Wildman–Crippen LogP) is 2.72. The topological polar surface area (TPSA) is 84.9 Å². The molecule has 0 saturated heterocycles. The van der Waals surface area contributed by atoms with E-state index in [1.54, 1.807) is 7.05 Å². The van der Waals surface area contributed by atoms with Crippen molar-refractivity contribution in [2.24, 2.45) is 12.0 Å². The van der Waals surface area contributed by atoms with E-state index in [9.17, 15) is 0 Å². The summed E-state index contributed by atoms with van der Waals surface area (Å²) in [4.78, 5) is 8.83. The van der Waals surface area contributed by atoms with E-state index < -0.39 is 0 Å². The Morgan fingerprint density at radius 3 is 2.31 bits per heavy atom. The van der Waals surface area contributed by atoms with Gasteiger partial charge in [0, 0.05) is 50.3 Å². The first-order valence-electron chi connectivity index (χ1n) is 9.31. The number of rotatable bonds is 5. The van der Waals surface area contributed by atoms with Crippen LogP contribution in [0.4, 0.5) is 0 Å². The Bertz CT molecular complexity index is 985. The Hall–Kier alpha value is -2.43. The lowest BCUT2D eigenvalue weighted by Crippen LogP contribution is -2.36. The Morgan fingerprint density at radius 2 is 1.79 bits per heavy atom. The molecular weight excluding hydrogens is 479 g/mol. The van der Waals surface area contributed by atoms with E-state index in [4.69, 9.17) is 0 Å². The van der Waals surface area contributed by atoms with Gasteiger partial charge in [0.2, 0.25) is 0 Å². The number of nitrogens with one attached hydrogen (secondary N) is 2. The predicted molar refractivity (Wildman–Crippen MR) is 126 cm³/mol. The average Bonchev–Trinajstić information content (AvgIpc) is 3.13. The molecule has 0 fully saturated rings. The molecular formula is C20H29IN8. The van der Waals surface area contributed by atoms with Crippen LogP contribution >= 0.6 is 24.0 Å². The number of aliphatic imine (C=N–C) groups is 1. The number of aromatic nitrogens is 5. The number of nitrogens with zero attached hydrogens (tertiary/aromatic N) is 6. The molecule has 0 saturated carbocycles. The highest BCUT2D eigenvalue weighted by Gasteiger charge is 2.10. The van der Waals surface area contributed by atoms with Gasteiger partial charge in [-0.05, 0) is 45.4 Å². The van der Waals surface area contributed by atoms with Crippen molar-refractivity contribution in [1.82, 2.24) is 35.2 Å². The SMILES string of the molecule is CN=C(NCc1ccc(-n2nc(C)cc2C)nc1)NCc1c(C)nn(C)c1C.I. The van der Waals surface area contributed by atoms with Gasteiger partial charge in [0.1, 0.15) is 0 Å². The molecule has 8 nitrogen and oxygen atoms in total. The molecule has 0 amide bonds. The molecule has 0 radical (unpaired) electrons. The van der Waals surface area contributed by atoms with Crippen LogP contribution in [0.25, 0.3) is 5.82 Å². The zero-order valence-electron chi connectivity index (χ0n) is 17.8. The Balaban J connectivity index is 0.00000300. The molecule has 0 unspecified atom stereocenters. The summed E-state index contributed by atoms with van der Waals surface area (Å²) in [6.07, 6.45) is 1.86. The standard InChI is InChI=1S/C20H28N8.HI/c1-13-9-14(2)28(25-13)19-8-7-17(10-22-19)11-23-20(21-5)24-12-18-15(3)26-27(6)16(18)4;/h7-10H,11-12H2,1-6H3,(H2,21,23,24);1H. The van der Waals surface area contributed by atoms with E-state index in [0.717, 1.165) is 40.1 Å². The van der Waals surface area contributed by atoms with E-state index in [1.165, 1.54) is 5.56 Å². The normalized spacial score (nSPS) is 11.3. The molecule has 0 atom stereocenters. The first kappa shape index (κ1) is 22.9. The monoisotopic (exact) mass is 508 g/mol. The largest absolute Gasteiger partial charge is 0.352 e. The number of halogens is 1. The molecule has 2 N–H and O–H groups in total. The quantitative estimate of drug-likeness (QED) is 0.315. The van der Waals surface area contributed by atoms with Gasteiger partial charge < -0.3 is 10.6 Å². The van der Waals surface area contributed by atoms with Gasteiger partial charge in [-0.15, -0.1) is 24.0 Å². The van der Waals surface area contributed by atoms with Crippen molar-refractivity contribution in [3.8, 4) is 5.82 Å². The fourth-order valence-electron chi connectivity index (χ4n) is 3.16. The maximum absolute atomic E-state index is 4.54. The summed E-state index contributed by atoms with van der Waals surface area (Å²) >= 11 is 0. The number of aryl methyl sites for hydroxylation is 4. The molecule has 0 aliphatic rings. The summed E-state index contributed by atoms with van der Waals surface area (Å²) in [5.41, 5.74) is 6.51. The van der Waals surface area contributed by atoms with Crippen LogP contribution in [0.15, 0.2) is 29.4 Å². The van der Waals surface area contributed by atoms with Crippen molar-refractivity contribution in [2.45, 2.75) is 40.8 Å². The van der Waals surface area contributed by atoms with Gasteiger partial charge in [-0.1, -0.05) is 6.07 Å². The lowest BCUT2D eigenvalue weighted by Gasteiger charge is -2.12. The zero-order chi connectivity index (χ0) is 20.3. The van der Waals surface area contributed by atoms with Gasteiger partial charge in [0.15, 0.2) is 11.8 Å². The van der Waals surface area contributed by atoms with E-state index in [1.807, 2.05) is 55.5 Å². The Kier molecular flexibility index (Phi) is 7.77. The molecule has 3 aromatic heterocycles. The summed E-state index contributed by atoms with van der Waals surface area (Å²) in [6.45, 7) is 9.42. The number of guanidine groups is 1. The van der Waals surface area contributed by atoms with Gasteiger partial charge in [-0.2, -0.15) is 10.2 Å². The van der Waals surface area contributed by atoms with Crippen LogP contribution in [0, 0.1) is 27.7 Å². The third kappa shape index (κ3) is 5.34.